The number of hydrogen-bond acceptors (Lipinski definition) is 2. The fourth-order valence-corrected chi connectivity index (χ4v) is 1.14. The third-order valence-electron chi connectivity index (χ3n) is 1.82. The van der Waals surface area contributed by atoms with Crippen molar-refractivity contribution in [2.24, 2.45) is 0 Å². The highest BCUT2D eigenvalue weighted by atomic mass is 16.4. The third-order valence-corrected chi connectivity index (χ3v) is 1.82. The molecular weight excluding hydrogens is 198 g/mol. The van der Waals surface area contributed by atoms with Gasteiger partial charge in [-0.25, -0.2) is 9.90 Å². The van der Waals surface area contributed by atoms with Crippen molar-refractivity contribution in [2.75, 3.05) is 6.61 Å². The molecule has 1 aromatic carbocycles. The lowest BCUT2D eigenvalue weighted by atomic mass is 10.1. The zero-order chi connectivity index (χ0) is 11.3. The quantitative estimate of drug-likeness (QED) is 0.748. The van der Waals surface area contributed by atoms with Crippen LogP contribution in [0.25, 0.3) is 0 Å². The van der Waals surface area contributed by atoms with Crippen LogP contribution in [0.3, 0.4) is 0 Å². The molecule has 0 aliphatic carbocycles. The van der Waals surface area contributed by atoms with Gasteiger partial charge < -0.3 is 10.4 Å². The molecule has 0 bridgehead atoms. The van der Waals surface area contributed by atoms with E-state index in [2.05, 4.69) is 5.32 Å². The van der Waals surface area contributed by atoms with E-state index >= 15 is 0 Å². The van der Waals surface area contributed by atoms with Crippen LogP contribution in [0.4, 0.5) is 0 Å². The monoisotopic (exact) mass is 208 g/mol. The number of carboxylic acid groups (broad SMARTS) is 1. The number of nitrogens with one attached hydrogen (secondary N) is 1. The minimum Gasteiger partial charge on any atom is -0.479 e. The summed E-state index contributed by atoms with van der Waals surface area (Å²) in [5.41, 5.74) is 0.437. The maximum atomic E-state index is 10.8. The van der Waals surface area contributed by atoms with Gasteiger partial charge in [0.1, 0.15) is 0 Å². The van der Waals surface area contributed by atoms with E-state index in [0.717, 1.165) is 0 Å². The molecule has 1 rings (SSSR count). The van der Waals surface area contributed by atoms with Crippen molar-refractivity contribution in [1.82, 2.24) is 5.32 Å². The standard InChI is InChI=1S/C10H10NO4/c12-6-8(13)11-9(10(14)15)7-4-2-1-3-5-7/h1-5,9H,6H2,(H,11,13)(H,14,15)/t9-/m1/s1. The average Bonchev–Trinajstić information content (AvgIpc) is 2.26. The number of benzene rings is 1. The number of hydrogen-bond donors (Lipinski definition) is 2. The van der Waals surface area contributed by atoms with Crippen LogP contribution in [0, 0.1) is 0 Å². The Hall–Kier alpha value is -1.88. The molecule has 5 nitrogen and oxygen atoms in total. The van der Waals surface area contributed by atoms with Gasteiger partial charge in [0.2, 0.25) is 5.91 Å². The first-order valence-electron chi connectivity index (χ1n) is 4.30. The Morgan fingerprint density at radius 1 is 1.27 bits per heavy atom. The summed E-state index contributed by atoms with van der Waals surface area (Å²) in [5.74, 6) is -2.02. The molecule has 0 aliphatic heterocycles. The molecule has 1 atom stereocenters. The summed E-state index contributed by atoms with van der Waals surface area (Å²) in [4.78, 5) is 21.6. The lowest BCUT2D eigenvalue weighted by molar-refractivity contribution is -0.142. The van der Waals surface area contributed by atoms with Gasteiger partial charge in [-0.3, -0.25) is 4.79 Å². The van der Waals surface area contributed by atoms with E-state index in [9.17, 15) is 14.7 Å². The van der Waals surface area contributed by atoms with Gasteiger partial charge in [0.05, 0.1) is 0 Å². The van der Waals surface area contributed by atoms with E-state index in [1.54, 1.807) is 30.3 Å². The lowest BCUT2D eigenvalue weighted by Crippen LogP contribution is -2.35. The number of carboxylic acids is 1. The van der Waals surface area contributed by atoms with Gasteiger partial charge in [0.15, 0.2) is 12.6 Å². The molecule has 5 heteroatoms. The summed E-state index contributed by atoms with van der Waals surface area (Å²) >= 11 is 0. The highest BCUT2D eigenvalue weighted by Gasteiger charge is 2.21. The summed E-state index contributed by atoms with van der Waals surface area (Å²) < 4.78 is 0. The molecule has 79 valence electrons. The van der Waals surface area contributed by atoms with Gasteiger partial charge in [-0.15, -0.1) is 0 Å². The first-order valence-corrected chi connectivity index (χ1v) is 4.30. The molecule has 1 aromatic rings. The zero-order valence-electron chi connectivity index (χ0n) is 7.84. The summed E-state index contributed by atoms with van der Waals surface area (Å²) in [6.45, 7) is -0.976. The highest BCUT2D eigenvalue weighted by Crippen LogP contribution is 2.12. The van der Waals surface area contributed by atoms with E-state index < -0.39 is 24.5 Å². The summed E-state index contributed by atoms with van der Waals surface area (Å²) in [6, 6.07) is 7.04. The van der Waals surface area contributed by atoms with Crippen molar-refractivity contribution in [1.29, 1.82) is 0 Å². The van der Waals surface area contributed by atoms with Crippen LogP contribution in [0.1, 0.15) is 11.6 Å². The van der Waals surface area contributed by atoms with Gasteiger partial charge in [-0.1, -0.05) is 30.3 Å². The van der Waals surface area contributed by atoms with Gasteiger partial charge >= 0.3 is 5.97 Å². The summed E-state index contributed by atoms with van der Waals surface area (Å²) in [6.07, 6.45) is 0. The molecule has 0 saturated carbocycles. The van der Waals surface area contributed by atoms with Crippen LogP contribution in [0.2, 0.25) is 0 Å². The lowest BCUT2D eigenvalue weighted by Gasteiger charge is -2.13. The Kier molecular flexibility index (Phi) is 3.82. The number of carbonyl (C=O) groups is 2. The van der Waals surface area contributed by atoms with Crippen LogP contribution >= 0.6 is 0 Å². The molecule has 0 unspecified atom stereocenters. The fourth-order valence-electron chi connectivity index (χ4n) is 1.14. The van der Waals surface area contributed by atoms with E-state index in [4.69, 9.17) is 5.11 Å². The molecule has 0 saturated heterocycles. The predicted octanol–water partition coefficient (Wildman–Crippen LogP) is 0.359. The van der Waals surface area contributed by atoms with E-state index in [1.165, 1.54) is 0 Å². The van der Waals surface area contributed by atoms with Crippen molar-refractivity contribution < 1.29 is 19.8 Å². The Morgan fingerprint density at radius 2 is 1.87 bits per heavy atom. The topological polar surface area (TPSA) is 86.3 Å². The maximum absolute atomic E-state index is 10.8. The fraction of sp³-hybridized carbons (Fsp3) is 0.200. The number of amides is 1. The minimum absolute atomic E-state index is 0.437. The van der Waals surface area contributed by atoms with Crippen LogP contribution in [-0.2, 0) is 14.7 Å². The summed E-state index contributed by atoms with van der Waals surface area (Å²) in [7, 11) is 0. The highest BCUT2D eigenvalue weighted by molar-refractivity contribution is 5.84. The van der Waals surface area contributed by atoms with Gasteiger partial charge in [0.25, 0.3) is 0 Å². The SMILES string of the molecule is [O]CC(=O)N[C@@H](C(=O)O)c1ccccc1. The van der Waals surface area contributed by atoms with Crippen molar-refractivity contribution >= 4 is 11.9 Å². The van der Waals surface area contributed by atoms with Crippen molar-refractivity contribution in [3.8, 4) is 0 Å². The molecular formula is C10H10NO4. The number of carbonyl (C=O) groups excluding carboxylic acids is 1. The third kappa shape index (κ3) is 3.07. The van der Waals surface area contributed by atoms with E-state index in [1.807, 2.05) is 0 Å². The zero-order valence-corrected chi connectivity index (χ0v) is 7.84. The molecule has 0 heterocycles. The number of aliphatic carboxylic acids is 1. The van der Waals surface area contributed by atoms with E-state index in [0.29, 0.717) is 5.56 Å². The normalized spacial score (nSPS) is 11.8. The van der Waals surface area contributed by atoms with E-state index in [-0.39, 0.29) is 0 Å². The number of rotatable bonds is 4. The molecule has 1 amide bonds. The second-order valence-electron chi connectivity index (χ2n) is 2.89. The largest absolute Gasteiger partial charge is 0.479 e. The van der Waals surface area contributed by atoms with Crippen LogP contribution < -0.4 is 5.32 Å². The van der Waals surface area contributed by atoms with Crippen molar-refractivity contribution in [3.63, 3.8) is 0 Å². The smallest absolute Gasteiger partial charge is 0.330 e. The Bertz CT molecular complexity index is 350. The van der Waals surface area contributed by atoms with Gasteiger partial charge in [-0.05, 0) is 5.56 Å². The molecule has 1 radical (unpaired) electrons. The Balaban J connectivity index is 2.84. The van der Waals surface area contributed by atoms with Gasteiger partial charge in [-0.2, -0.15) is 0 Å². The summed E-state index contributed by atoms with van der Waals surface area (Å²) in [5, 5.41) is 21.2. The Labute approximate surface area is 86.4 Å². The minimum atomic E-state index is -1.19. The maximum Gasteiger partial charge on any atom is 0.330 e. The molecule has 0 aromatic heterocycles. The molecule has 0 spiro atoms. The van der Waals surface area contributed by atoms with Crippen LogP contribution in [0.15, 0.2) is 30.3 Å². The molecule has 0 fully saturated rings. The first kappa shape index (κ1) is 11.2. The van der Waals surface area contributed by atoms with Crippen LogP contribution in [-0.4, -0.2) is 23.6 Å². The average molecular weight is 208 g/mol. The van der Waals surface area contributed by atoms with Crippen molar-refractivity contribution in [2.45, 2.75) is 6.04 Å². The Morgan fingerprint density at radius 3 is 2.33 bits per heavy atom. The van der Waals surface area contributed by atoms with Gasteiger partial charge in [0, 0.05) is 0 Å². The molecule has 15 heavy (non-hydrogen) atoms. The second-order valence-corrected chi connectivity index (χ2v) is 2.89. The molecule has 2 N–H and O–H groups in total. The van der Waals surface area contributed by atoms with Crippen molar-refractivity contribution in [3.05, 3.63) is 35.9 Å². The first-order chi connectivity index (χ1) is 7.15. The second kappa shape index (κ2) is 5.11. The predicted molar refractivity (Wildman–Crippen MR) is 50.5 cm³/mol. The molecule has 0 aliphatic rings. The van der Waals surface area contributed by atoms with Crippen LogP contribution in [0.5, 0.6) is 0 Å².